The van der Waals surface area contributed by atoms with Crippen LogP contribution in [0.1, 0.15) is 0 Å². The normalized spacial score (nSPS) is 11.1. The van der Waals surface area contributed by atoms with Gasteiger partial charge in [-0.15, -0.1) is 11.8 Å². The molecule has 5 heteroatoms. The van der Waals surface area contributed by atoms with Crippen molar-refractivity contribution in [1.82, 2.24) is 10.2 Å². The minimum atomic E-state index is 0.734. The summed E-state index contributed by atoms with van der Waals surface area (Å²) in [5.74, 6) is 0.994. The maximum absolute atomic E-state index is 6.07. The Balaban J connectivity index is 2.20. The summed E-state index contributed by atoms with van der Waals surface area (Å²) in [5.41, 5.74) is 0. The minimum Gasteiger partial charge on any atom is -0.315 e. The number of nitrogens with one attached hydrogen (secondary N) is 1. The number of rotatable bonds is 7. The second-order valence-electron chi connectivity index (χ2n) is 3.98. The lowest BCUT2D eigenvalue weighted by Gasteiger charge is -2.10. The van der Waals surface area contributed by atoms with Crippen molar-refractivity contribution in [2.45, 2.75) is 4.90 Å². The van der Waals surface area contributed by atoms with Gasteiger partial charge in [-0.25, -0.2) is 0 Å². The maximum atomic E-state index is 6.07. The van der Waals surface area contributed by atoms with Crippen molar-refractivity contribution in [3.8, 4) is 0 Å². The van der Waals surface area contributed by atoms with Crippen molar-refractivity contribution in [2.24, 2.45) is 0 Å². The van der Waals surface area contributed by atoms with E-state index in [-0.39, 0.29) is 0 Å². The van der Waals surface area contributed by atoms with Gasteiger partial charge in [0, 0.05) is 35.3 Å². The van der Waals surface area contributed by atoms with Crippen LogP contribution in [-0.2, 0) is 0 Å². The molecular weight excluding hydrogens is 275 g/mol. The molecule has 0 amide bonds. The molecule has 0 atom stereocenters. The molecule has 0 aliphatic heterocycles. The molecule has 0 radical (unpaired) electrons. The van der Waals surface area contributed by atoms with Crippen molar-refractivity contribution < 1.29 is 0 Å². The van der Waals surface area contributed by atoms with E-state index in [9.17, 15) is 0 Å². The van der Waals surface area contributed by atoms with Crippen molar-refractivity contribution in [2.75, 3.05) is 39.5 Å². The predicted molar refractivity (Wildman–Crippen MR) is 78.6 cm³/mol. The topological polar surface area (TPSA) is 15.3 Å². The molecule has 0 aliphatic rings. The largest absolute Gasteiger partial charge is 0.315 e. The lowest BCUT2D eigenvalue weighted by molar-refractivity contribution is 0.403. The average Bonchev–Trinajstić information content (AvgIpc) is 2.27. The van der Waals surface area contributed by atoms with Crippen molar-refractivity contribution in [1.29, 1.82) is 0 Å². The minimum absolute atomic E-state index is 0.734. The molecule has 0 bridgehead atoms. The van der Waals surface area contributed by atoms with Gasteiger partial charge in [0.15, 0.2) is 0 Å². The summed E-state index contributed by atoms with van der Waals surface area (Å²) in [7, 11) is 4.14. The van der Waals surface area contributed by atoms with Crippen LogP contribution in [0.25, 0.3) is 0 Å². The Morgan fingerprint density at radius 1 is 1.24 bits per heavy atom. The number of benzene rings is 1. The predicted octanol–water partition coefficient (Wildman–Crippen LogP) is 3.24. The van der Waals surface area contributed by atoms with E-state index in [1.807, 2.05) is 18.2 Å². The molecule has 0 aliphatic carbocycles. The number of hydrogen-bond acceptors (Lipinski definition) is 3. The van der Waals surface area contributed by atoms with Gasteiger partial charge in [-0.1, -0.05) is 23.2 Å². The molecule has 0 unspecified atom stereocenters. The van der Waals surface area contributed by atoms with E-state index in [0.717, 1.165) is 40.3 Å². The Labute approximate surface area is 118 Å². The SMILES string of the molecule is CN(C)CCNCCSc1cc(Cl)ccc1Cl. The van der Waals surface area contributed by atoms with Crippen molar-refractivity contribution in [3.63, 3.8) is 0 Å². The summed E-state index contributed by atoms with van der Waals surface area (Å²) < 4.78 is 0. The molecular formula is C12H18Cl2N2S. The van der Waals surface area contributed by atoms with Crippen LogP contribution in [0, 0.1) is 0 Å². The first-order chi connectivity index (χ1) is 8.09. The molecule has 0 saturated carbocycles. The molecule has 0 heterocycles. The molecule has 0 fully saturated rings. The lowest BCUT2D eigenvalue weighted by atomic mass is 10.4. The average molecular weight is 293 g/mol. The molecule has 0 spiro atoms. The molecule has 1 aromatic carbocycles. The fraction of sp³-hybridized carbons (Fsp3) is 0.500. The molecule has 17 heavy (non-hydrogen) atoms. The highest BCUT2D eigenvalue weighted by molar-refractivity contribution is 7.99. The van der Waals surface area contributed by atoms with E-state index >= 15 is 0 Å². The van der Waals surface area contributed by atoms with Crippen LogP contribution in [0.5, 0.6) is 0 Å². The van der Waals surface area contributed by atoms with Gasteiger partial charge in [0.05, 0.1) is 5.02 Å². The number of likely N-dealkylation sites (N-methyl/N-ethyl adjacent to an activating group) is 1. The Bertz CT molecular complexity index is 345. The molecule has 0 saturated heterocycles. The first-order valence-electron chi connectivity index (χ1n) is 5.53. The van der Waals surface area contributed by atoms with Gasteiger partial charge in [0.1, 0.15) is 0 Å². The highest BCUT2D eigenvalue weighted by Crippen LogP contribution is 2.29. The van der Waals surface area contributed by atoms with E-state index in [1.165, 1.54) is 0 Å². The fourth-order valence-electron chi connectivity index (χ4n) is 1.25. The Morgan fingerprint density at radius 3 is 2.71 bits per heavy atom. The molecule has 2 nitrogen and oxygen atoms in total. The summed E-state index contributed by atoms with van der Waals surface area (Å²) in [4.78, 5) is 3.21. The highest BCUT2D eigenvalue weighted by Gasteiger charge is 2.01. The van der Waals surface area contributed by atoms with Gasteiger partial charge in [-0.2, -0.15) is 0 Å². The van der Waals surface area contributed by atoms with Gasteiger partial charge in [-0.05, 0) is 32.3 Å². The third-order valence-electron chi connectivity index (χ3n) is 2.17. The van der Waals surface area contributed by atoms with Crippen LogP contribution in [0.15, 0.2) is 23.1 Å². The third kappa shape index (κ3) is 6.53. The third-order valence-corrected chi connectivity index (χ3v) is 3.90. The zero-order valence-electron chi connectivity index (χ0n) is 10.2. The first kappa shape index (κ1) is 15.1. The summed E-state index contributed by atoms with van der Waals surface area (Å²) in [6.07, 6.45) is 0. The van der Waals surface area contributed by atoms with Gasteiger partial charge >= 0.3 is 0 Å². The fourth-order valence-corrected chi connectivity index (χ4v) is 2.65. The molecule has 1 N–H and O–H groups in total. The molecule has 96 valence electrons. The van der Waals surface area contributed by atoms with Crippen LogP contribution in [0.4, 0.5) is 0 Å². The molecule has 0 aromatic heterocycles. The van der Waals surface area contributed by atoms with Gasteiger partial charge in [-0.3, -0.25) is 0 Å². The maximum Gasteiger partial charge on any atom is 0.0542 e. The number of hydrogen-bond donors (Lipinski definition) is 1. The number of thioether (sulfide) groups is 1. The smallest absolute Gasteiger partial charge is 0.0542 e. The van der Waals surface area contributed by atoms with E-state index < -0.39 is 0 Å². The van der Waals surface area contributed by atoms with Crippen LogP contribution >= 0.6 is 35.0 Å². The zero-order valence-corrected chi connectivity index (χ0v) is 12.5. The van der Waals surface area contributed by atoms with Gasteiger partial charge in [0.2, 0.25) is 0 Å². The van der Waals surface area contributed by atoms with E-state index in [1.54, 1.807) is 11.8 Å². The number of nitrogens with zero attached hydrogens (tertiary/aromatic N) is 1. The van der Waals surface area contributed by atoms with Gasteiger partial charge < -0.3 is 10.2 Å². The number of halogens is 2. The van der Waals surface area contributed by atoms with Crippen molar-refractivity contribution in [3.05, 3.63) is 28.2 Å². The van der Waals surface area contributed by atoms with Crippen LogP contribution in [0.3, 0.4) is 0 Å². The van der Waals surface area contributed by atoms with Crippen LogP contribution < -0.4 is 5.32 Å². The summed E-state index contributed by atoms with van der Waals surface area (Å²) in [6.45, 7) is 3.04. The quantitative estimate of drug-likeness (QED) is 0.614. The summed E-state index contributed by atoms with van der Waals surface area (Å²) >= 11 is 13.7. The monoisotopic (exact) mass is 292 g/mol. The van der Waals surface area contributed by atoms with Crippen LogP contribution in [-0.4, -0.2) is 44.4 Å². The zero-order chi connectivity index (χ0) is 12.7. The first-order valence-corrected chi connectivity index (χ1v) is 7.27. The second-order valence-corrected chi connectivity index (χ2v) is 5.96. The van der Waals surface area contributed by atoms with Crippen molar-refractivity contribution >= 4 is 35.0 Å². The van der Waals surface area contributed by atoms with Gasteiger partial charge in [0.25, 0.3) is 0 Å². The Kier molecular flexibility index (Phi) is 7.32. The second kappa shape index (κ2) is 8.22. The highest BCUT2D eigenvalue weighted by atomic mass is 35.5. The molecule has 1 rings (SSSR count). The Morgan fingerprint density at radius 2 is 2.00 bits per heavy atom. The lowest BCUT2D eigenvalue weighted by Crippen LogP contribution is -2.27. The summed E-state index contributed by atoms with van der Waals surface area (Å²) in [5, 5.41) is 4.89. The molecule has 1 aromatic rings. The van der Waals surface area contributed by atoms with Crippen LogP contribution in [0.2, 0.25) is 10.0 Å². The van der Waals surface area contributed by atoms with E-state index in [2.05, 4.69) is 24.3 Å². The standard InChI is InChI=1S/C12H18Cl2N2S/c1-16(2)7-5-15-6-8-17-12-9-10(13)3-4-11(12)14/h3-4,9,15H,5-8H2,1-2H3. The summed E-state index contributed by atoms with van der Waals surface area (Å²) in [6, 6.07) is 5.56. The van der Waals surface area contributed by atoms with E-state index in [4.69, 9.17) is 23.2 Å². The van der Waals surface area contributed by atoms with E-state index in [0.29, 0.717) is 0 Å². The Hall–Kier alpha value is 0.0700.